The number of halogens is 4. The molecule has 26 heavy (non-hydrogen) atoms. The van der Waals surface area contributed by atoms with Gasteiger partial charge in [-0.25, -0.2) is 19.0 Å². The lowest BCUT2D eigenvalue weighted by Crippen LogP contribution is -2.24. The van der Waals surface area contributed by atoms with E-state index in [1.54, 1.807) is 24.3 Å². The van der Waals surface area contributed by atoms with Crippen LogP contribution >= 0.6 is 11.6 Å². The van der Waals surface area contributed by atoms with Crippen molar-refractivity contribution in [2.75, 3.05) is 12.4 Å². The molecule has 138 valence electrons. The van der Waals surface area contributed by atoms with E-state index in [2.05, 4.69) is 5.32 Å². The van der Waals surface area contributed by atoms with Crippen molar-refractivity contribution in [1.29, 1.82) is 0 Å². The minimum atomic E-state index is -2.71. The van der Waals surface area contributed by atoms with E-state index in [-0.39, 0.29) is 11.3 Å². The van der Waals surface area contributed by atoms with Gasteiger partial charge in [0.2, 0.25) is 6.43 Å². The molecular weight excluding hydrogens is 367 g/mol. The van der Waals surface area contributed by atoms with Crippen LogP contribution in [0.3, 0.4) is 0 Å². The quantitative estimate of drug-likeness (QED) is 0.441. The topological polar surface area (TPSA) is 58.4 Å². The van der Waals surface area contributed by atoms with Gasteiger partial charge in [0.05, 0.1) is 0 Å². The monoisotopic (exact) mass is 383 g/mol. The number of carbonyl (C=O) groups is 1. The lowest BCUT2D eigenvalue weighted by Gasteiger charge is -2.15. The standard InChI is InChI=1S/C18H17ClF3N3O/c1-25(23)10-12(8-17(21)22)18(26)24-16-7-6-14(20)9-15(16)11-2-4-13(19)5-3-11/h2-7,9-10,17H,8,23H2,1H3,(H,24,26)/b12-10+. The molecule has 0 atom stereocenters. The Labute approximate surface area is 154 Å². The third kappa shape index (κ3) is 5.50. The third-order valence-electron chi connectivity index (χ3n) is 3.41. The Morgan fingerprint density at radius 3 is 2.50 bits per heavy atom. The Morgan fingerprint density at radius 1 is 1.27 bits per heavy atom. The van der Waals surface area contributed by atoms with E-state index in [4.69, 9.17) is 17.4 Å². The first-order valence-corrected chi connectivity index (χ1v) is 7.97. The highest BCUT2D eigenvalue weighted by Gasteiger charge is 2.18. The second kappa shape index (κ2) is 8.73. The lowest BCUT2D eigenvalue weighted by molar-refractivity contribution is -0.113. The summed E-state index contributed by atoms with van der Waals surface area (Å²) < 4.78 is 39.1. The van der Waals surface area contributed by atoms with Crippen molar-refractivity contribution in [2.45, 2.75) is 12.8 Å². The molecule has 8 heteroatoms. The van der Waals surface area contributed by atoms with E-state index in [1.165, 1.54) is 25.2 Å². The Kier molecular flexibility index (Phi) is 6.65. The maximum Gasteiger partial charge on any atom is 0.253 e. The first-order valence-electron chi connectivity index (χ1n) is 7.59. The van der Waals surface area contributed by atoms with Gasteiger partial charge in [-0.15, -0.1) is 0 Å². The SMILES string of the molecule is CN(N)/C=C(\CC(F)F)C(=O)Nc1ccc(F)cc1-c1ccc(Cl)cc1. The minimum absolute atomic E-state index is 0.198. The van der Waals surface area contributed by atoms with Gasteiger partial charge >= 0.3 is 0 Å². The molecule has 0 aliphatic heterocycles. The molecule has 0 bridgehead atoms. The van der Waals surface area contributed by atoms with Gasteiger partial charge in [-0.3, -0.25) is 4.79 Å². The highest BCUT2D eigenvalue weighted by molar-refractivity contribution is 6.30. The number of amides is 1. The Bertz CT molecular complexity index is 808. The summed E-state index contributed by atoms with van der Waals surface area (Å²) in [6, 6.07) is 10.3. The van der Waals surface area contributed by atoms with E-state index in [1.807, 2.05) is 0 Å². The van der Waals surface area contributed by atoms with Crippen LogP contribution in [0.15, 0.2) is 54.2 Å². The molecule has 0 aromatic heterocycles. The first-order chi connectivity index (χ1) is 12.3. The molecule has 0 saturated heterocycles. The zero-order valence-electron chi connectivity index (χ0n) is 13.8. The summed E-state index contributed by atoms with van der Waals surface area (Å²) in [6.45, 7) is 0. The van der Waals surface area contributed by atoms with Crippen molar-refractivity contribution in [2.24, 2.45) is 5.84 Å². The number of hydrogen-bond donors (Lipinski definition) is 2. The van der Waals surface area contributed by atoms with Crippen LogP contribution in [0.4, 0.5) is 18.9 Å². The summed E-state index contributed by atoms with van der Waals surface area (Å²) in [7, 11) is 1.41. The second-order valence-electron chi connectivity index (χ2n) is 5.57. The average molecular weight is 384 g/mol. The van der Waals surface area contributed by atoms with Gasteiger partial charge in [-0.2, -0.15) is 0 Å². The number of nitrogens with two attached hydrogens (primary N) is 1. The summed E-state index contributed by atoms with van der Waals surface area (Å²) in [5.41, 5.74) is 1.09. The lowest BCUT2D eigenvalue weighted by atomic mass is 10.0. The Morgan fingerprint density at radius 2 is 1.92 bits per heavy atom. The number of nitrogens with zero attached hydrogens (tertiary/aromatic N) is 1. The molecule has 0 aliphatic carbocycles. The molecule has 2 aromatic rings. The van der Waals surface area contributed by atoms with Crippen LogP contribution in [0.1, 0.15) is 6.42 Å². The molecular formula is C18H17ClF3N3O. The molecule has 0 unspecified atom stereocenters. The van der Waals surface area contributed by atoms with Gasteiger partial charge in [-0.05, 0) is 35.9 Å². The molecule has 0 saturated carbocycles. The third-order valence-corrected chi connectivity index (χ3v) is 3.66. The number of nitrogens with one attached hydrogen (secondary N) is 1. The maximum atomic E-state index is 13.7. The van der Waals surface area contributed by atoms with Gasteiger partial charge in [0, 0.05) is 41.5 Å². The van der Waals surface area contributed by atoms with Crippen molar-refractivity contribution in [1.82, 2.24) is 5.01 Å². The van der Waals surface area contributed by atoms with Gasteiger partial charge in [-0.1, -0.05) is 23.7 Å². The predicted octanol–water partition coefficient (Wildman–Crippen LogP) is 4.43. The van der Waals surface area contributed by atoms with E-state index >= 15 is 0 Å². The highest BCUT2D eigenvalue weighted by Crippen LogP contribution is 2.30. The van der Waals surface area contributed by atoms with Crippen molar-refractivity contribution in [3.8, 4) is 11.1 Å². The largest absolute Gasteiger partial charge is 0.322 e. The molecule has 2 aromatic carbocycles. The maximum absolute atomic E-state index is 13.7. The smallest absolute Gasteiger partial charge is 0.253 e. The van der Waals surface area contributed by atoms with Gasteiger partial charge in [0.1, 0.15) is 5.82 Å². The van der Waals surface area contributed by atoms with Crippen molar-refractivity contribution in [3.63, 3.8) is 0 Å². The number of rotatable bonds is 6. The van der Waals surface area contributed by atoms with Gasteiger partial charge < -0.3 is 10.3 Å². The number of hydrazine groups is 1. The summed E-state index contributed by atoms with van der Waals surface area (Å²) in [5.74, 6) is 4.18. The number of anilines is 1. The van der Waals surface area contributed by atoms with Gasteiger partial charge in [0.15, 0.2) is 0 Å². The van der Waals surface area contributed by atoms with Crippen LogP contribution in [0.25, 0.3) is 11.1 Å². The van der Waals surface area contributed by atoms with E-state index < -0.39 is 24.6 Å². The van der Waals surface area contributed by atoms with Crippen LogP contribution in [0.2, 0.25) is 5.02 Å². The van der Waals surface area contributed by atoms with E-state index in [9.17, 15) is 18.0 Å². The van der Waals surface area contributed by atoms with Crippen LogP contribution in [0, 0.1) is 5.82 Å². The first kappa shape index (κ1) is 19.8. The van der Waals surface area contributed by atoms with Crippen LogP contribution in [0.5, 0.6) is 0 Å². The van der Waals surface area contributed by atoms with Crippen molar-refractivity contribution >= 4 is 23.2 Å². The molecule has 4 nitrogen and oxygen atoms in total. The molecule has 0 radical (unpaired) electrons. The van der Waals surface area contributed by atoms with Crippen LogP contribution < -0.4 is 11.2 Å². The van der Waals surface area contributed by atoms with E-state index in [0.717, 1.165) is 11.2 Å². The molecule has 0 spiro atoms. The zero-order chi connectivity index (χ0) is 19.3. The number of carbonyl (C=O) groups excluding carboxylic acids is 1. The Hall–Kier alpha value is -2.51. The molecule has 1 amide bonds. The summed E-state index contributed by atoms with van der Waals surface area (Å²) in [5, 5.41) is 4.06. The van der Waals surface area contributed by atoms with E-state index in [0.29, 0.717) is 16.1 Å². The van der Waals surface area contributed by atoms with Crippen molar-refractivity contribution in [3.05, 3.63) is 65.1 Å². The summed E-state index contributed by atoms with van der Waals surface area (Å²) in [6.07, 6.45) is -2.35. The fraction of sp³-hybridized carbons (Fsp3) is 0.167. The van der Waals surface area contributed by atoms with Crippen molar-refractivity contribution < 1.29 is 18.0 Å². The Balaban J connectivity index is 2.36. The summed E-state index contributed by atoms with van der Waals surface area (Å²) >= 11 is 5.85. The number of alkyl halides is 2. The minimum Gasteiger partial charge on any atom is -0.322 e. The zero-order valence-corrected chi connectivity index (χ0v) is 14.6. The number of hydrogen-bond acceptors (Lipinski definition) is 3. The second-order valence-corrected chi connectivity index (χ2v) is 6.00. The molecule has 2 rings (SSSR count). The fourth-order valence-electron chi connectivity index (χ4n) is 2.31. The molecule has 3 N–H and O–H groups in total. The molecule has 0 fully saturated rings. The highest BCUT2D eigenvalue weighted by atomic mass is 35.5. The normalized spacial score (nSPS) is 11.6. The van der Waals surface area contributed by atoms with Gasteiger partial charge in [0.25, 0.3) is 5.91 Å². The molecule has 0 heterocycles. The predicted molar refractivity (Wildman–Crippen MR) is 96.1 cm³/mol. The summed E-state index contributed by atoms with van der Waals surface area (Å²) in [4.78, 5) is 12.4. The average Bonchev–Trinajstić information content (AvgIpc) is 2.55. The van der Waals surface area contributed by atoms with Crippen LogP contribution in [-0.2, 0) is 4.79 Å². The number of benzene rings is 2. The molecule has 0 aliphatic rings. The fourth-order valence-corrected chi connectivity index (χ4v) is 2.44. The van der Waals surface area contributed by atoms with Crippen LogP contribution in [-0.4, -0.2) is 24.4 Å².